The van der Waals surface area contributed by atoms with Crippen LogP contribution in [0.1, 0.15) is 11.3 Å². The van der Waals surface area contributed by atoms with Crippen LogP contribution in [0.2, 0.25) is 0 Å². The van der Waals surface area contributed by atoms with E-state index in [9.17, 15) is 0 Å². The summed E-state index contributed by atoms with van der Waals surface area (Å²) in [6, 6.07) is 18.3. The minimum absolute atomic E-state index is 0.846. The number of rotatable bonds is 3. The molecule has 112 valence electrons. The van der Waals surface area contributed by atoms with E-state index >= 15 is 0 Å². The zero-order chi connectivity index (χ0) is 15.6. The van der Waals surface area contributed by atoms with E-state index in [0.29, 0.717) is 0 Å². The molecule has 0 atom stereocenters. The number of pyridine rings is 1. The van der Waals surface area contributed by atoms with Crippen LogP contribution in [-0.2, 0) is 0 Å². The molecule has 0 radical (unpaired) electrons. The molecule has 0 bridgehead atoms. The van der Waals surface area contributed by atoms with Crippen LogP contribution >= 0.6 is 0 Å². The van der Waals surface area contributed by atoms with E-state index in [1.165, 1.54) is 10.8 Å². The van der Waals surface area contributed by atoms with Crippen molar-refractivity contribution in [2.45, 2.75) is 0 Å². The van der Waals surface area contributed by atoms with Crippen molar-refractivity contribution in [2.24, 2.45) is 0 Å². The van der Waals surface area contributed by atoms with Gasteiger partial charge in [-0.2, -0.15) is 0 Å². The Hall–Kier alpha value is -3.07. The fourth-order valence-corrected chi connectivity index (χ4v) is 2.82. The molecule has 2 heterocycles. The van der Waals surface area contributed by atoms with Gasteiger partial charge in [-0.15, -0.1) is 0 Å². The molecule has 4 rings (SSSR count). The number of ether oxygens (including phenoxy) is 1. The molecule has 1 N–H and O–H groups in total. The second-order valence-electron chi connectivity index (χ2n) is 5.40. The number of nitrogens with one attached hydrogen (secondary N) is 1. The lowest BCUT2D eigenvalue weighted by atomic mass is 10.1. The van der Waals surface area contributed by atoms with Crippen molar-refractivity contribution < 1.29 is 4.74 Å². The average molecular weight is 300 g/mol. The summed E-state index contributed by atoms with van der Waals surface area (Å²) >= 11 is 0. The molecule has 0 saturated heterocycles. The van der Waals surface area contributed by atoms with E-state index in [1.54, 1.807) is 7.11 Å². The van der Waals surface area contributed by atoms with E-state index in [1.807, 2.05) is 48.7 Å². The van der Waals surface area contributed by atoms with Crippen molar-refractivity contribution in [3.8, 4) is 5.75 Å². The molecule has 0 aliphatic carbocycles. The maximum Gasteiger partial charge on any atom is 0.120 e. The van der Waals surface area contributed by atoms with Crippen molar-refractivity contribution in [3.05, 3.63) is 72.1 Å². The van der Waals surface area contributed by atoms with Gasteiger partial charge in [-0.05, 0) is 29.8 Å². The molecule has 0 amide bonds. The summed E-state index contributed by atoms with van der Waals surface area (Å²) in [7, 11) is 1.68. The minimum atomic E-state index is 0.846. The Morgan fingerprint density at radius 2 is 1.83 bits per heavy atom. The predicted octanol–water partition coefficient (Wildman–Crippen LogP) is 4.90. The van der Waals surface area contributed by atoms with Crippen LogP contribution in [0.3, 0.4) is 0 Å². The quantitative estimate of drug-likeness (QED) is 0.584. The molecule has 0 fully saturated rings. The molecule has 0 unspecified atom stereocenters. The van der Waals surface area contributed by atoms with Gasteiger partial charge in [0.15, 0.2) is 0 Å². The number of aromatic amines is 1. The number of nitrogens with zero attached hydrogens (tertiary/aromatic N) is 1. The lowest BCUT2D eigenvalue weighted by Crippen LogP contribution is -1.82. The summed E-state index contributed by atoms with van der Waals surface area (Å²) in [5.41, 5.74) is 4.19. The third kappa shape index (κ3) is 2.46. The summed E-state index contributed by atoms with van der Waals surface area (Å²) in [6.45, 7) is 0. The van der Waals surface area contributed by atoms with Crippen molar-refractivity contribution >= 4 is 34.0 Å². The molecule has 3 heteroatoms. The fraction of sp³-hybridized carbons (Fsp3) is 0.0500. The zero-order valence-corrected chi connectivity index (χ0v) is 12.8. The standard InChI is InChI=1S/C20H16N2O/c1-23-15-8-9-16-17-11-12-21-18(20(17)22-19(16)13-15)10-7-14-5-3-2-4-6-14/h2-13,22H,1H3/b10-7-. The molecular weight excluding hydrogens is 284 g/mol. The Balaban J connectivity index is 1.85. The Labute approximate surface area is 134 Å². The van der Waals surface area contributed by atoms with Crippen LogP contribution in [0.25, 0.3) is 34.0 Å². The normalized spacial score (nSPS) is 11.5. The van der Waals surface area contributed by atoms with Gasteiger partial charge in [0.1, 0.15) is 5.75 Å². The molecule has 23 heavy (non-hydrogen) atoms. The lowest BCUT2D eigenvalue weighted by Gasteiger charge is -1.98. The molecule has 2 aromatic heterocycles. The van der Waals surface area contributed by atoms with Gasteiger partial charge in [0.05, 0.1) is 23.8 Å². The number of hydrogen-bond acceptors (Lipinski definition) is 2. The van der Waals surface area contributed by atoms with Gasteiger partial charge in [-0.3, -0.25) is 4.98 Å². The van der Waals surface area contributed by atoms with Gasteiger partial charge in [0, 0.05) is 23.0 Å². The maximum atomic E-state index is 5.30. The summed E-state index contributed by atoms with van der Waals surface area (Å²) < 4.78 is 5.30. The molecule has 0 saturated carbocycles. The van der Waals surface area contributed by atoms with Crippen LogP contribution < -0.4 is 4.74 Å². The van der Waals surface area contributed by atoms with Crippen LogP contribution in [0.4, 0.5) is 0 Å². The maximum absolute atomic E-state index is 5.30. The van der Waals surface area contributed by atoms with Gasteiger partial charge in [-0.1, -0.05) is 36.4 Å². The molecule has 0 aliphatic heterocycles. The van der Waals surface area contributed by atoms with E-state index < -0.39 is 0 Å². The molecule has 3 nitrogen and oxygen atoms in total. The first-order valence-corrected chi connectivity index (χ1v) is 7.53. The van der Waals surface area contributed by atoms with Gasteiger partial charge >= 0.3 is 0 Å². The van der Waals surface area contributed by atoms with Crippen molar-refractivity contribution in [3.63, 3.8) is 0 Å². The van der Waals surface area contributed by atoms with Crippen molar-refractivity contribution in [1.29, 1.82) is 0 Å². The first kappa shape index (κ1) is 13.6. The number of aromatic nitrogens is 2. The molecule has 0 spiro atoms. The Morgan fingerprint density at radius 1 is 0.957 bits per heavy atom. The van der Waals surface area contributed by atoms with E-state index in [4.69, 9.17) is 4.74 Å². The predicted molar refractivity (Wildman–Crippen MR) is 95.5 cm³/mol. The van der Waals surface area contributed by atoms with Crippen LogP contribution in [0, 0.1) is 0 Å². The summed E-state index contributed by atoms with van der Waals surface area (Å²) in [6.07, 6.45) is 5.97. The number of hydrogen-bond donors (Lipinski definition) is 1. The van der Waals surface area contributed by atoms with Gasteiger partial charge in [0.2, 0.25) is 0 Å². The number of H-pyrrole nitrogens is 1. The molecule has 4 aromatic rings. The smallest absolute Gasteiger partial charge is 0.120 e. The fourth-order valence-electron chi connectivity index (χ4n) is 2.82. The SMILES string of the molecule is COc1ccc2c(c1)[nH]c1c(/C=C\c3ccccc3)nccc12. The lowest BCUT2D eigenvalue weighted by molar-refractivity contribution is 0.415. The average Bonchev–Trinajstić information content (AvgIpc) is 2.99. The number of methoxy groups -OCH3 is 1. The molecular formula is C20H16N2O. The van der Waals surface area contributed by atoms with Gasteiger partial charge < -0.3 is 9.72 Å². The third-order valence-corrected chi connectivity index (χ3v) is 3.99. The molecule has 0 aliphatic rings. The second-order valence-corrected chi connectivity index (χ2v) is 5.40. The number of benzene rings is 2. The highest BCUT2D eigenvalue weighted by Crippen LogP contribution is 2.29. The van der Waals surface area contributed by atoms with Crippen LogP contribution in [-0.4, -0.2) is 17.1 Å². The van der Waals surface area contributed by atoms with Gasteiger partial charge in [0.25, 0.3) is 0 Å². The van der Waals surface area contributed by atoms with Crippen LogP contribution in [0.15, 0.2) is 60.8 Å². The molecule has 2 aromatic carbocycles. The topological polar surface area (TPSA) is 37.9 Å². The Bertz CT molecular complexity index is 1000. The minimum Gasteiger partial charge on any atom is -0.497 e. The first-order chi connectivity index (χ1) is 11.3. The van der Waals surface area contributed by atoms with E-state index in [-0.39, 0.29) is 0 Å². The monoisotopic (exact) mass is 300 g/mol. The number of fused-ring (bicyclic) bond motifs is 3. The zero-order valence-electron chi connectivity index (χ0n) is 12.8. The summed E-state index contributed by atoms with van der Waals surface area (Å²) in [4.78, 5) is 7.97. The highest BCUT2D eigenvalue weighted by atomic mass is 16.5. The van der Waals surface area contributed by atoms with E-state index in [2.05, 4.69) is 34.2 Å². The van der Waals surface area contributed by atoms with Gasteiger partial charge in [-0.25, -0.2) is 0 Å². The van der Waals surface area contributed by atoms with Crippen molar-refractivity contribution in [2.75, 3.05) is 7.11 Å². The third-order valence-electron chi connectivity index (χ3n) is 3.99. The van der Waals surface area contributed by atoms with E-state index in [0.717, 1.165) is 28.0 Å². The second kappa shape index (κ2) is 5.61. The summed E-state index contributed by atoms with van der Waals surface area (Å²) in [5, 5.41) is 2.35. The first-order valence-electron chi connectivity index (χ1n) is 7.53. The highest BCUT2D eigenvalue weighted by Gasteiger charge is 2.08. The Morgan fingerprint density at radius 3 is 2.65 bits per heavy atom. The highest BCUT2D eigenvalue weighted by molar-refractivity contribution is 6.09. The Kier molecular flexibility index (Phi) is 3.31. The van der Waals surface area contributed by atoms with Crippen molar-refractivity contribution in [1.82, 2.24) is 9.97 Å². The largest absolute Gasteiger partial charge is 0.497 e. The summed E-state index contributed by atoms with van der Waals surface area (Å²) in [5.74, 6) is 0.846. The van der Waals surface area contributed by atoms with Crippen LogP contribution in [0.5, 0.6) is 5.75 Å².